The average molecular weight is 255 g/mol. The van der Waals surface area contributed by atoms with Crippen molar-refractivity contribution in [3.8, 4) is 0 Å². The lowest BCUT2D eigenvalue weighted by Crippen LogP contribution is -2.52. The summed E-state index contributed by atoms with van der Waals surface area (Å²) in [6, 6.07) is 0.646. The molecule has 0 aromatic heterocycles. The van der Waals surface area contributed by atoms with E-state index in [2.05, 4.69) is 10.2 Å². The smallest absolute Gasteiger partial charge is 0.409 e. The van der Waals surface area contributed by atoms with Gasteiger partial charge in [-0.25, -0.2) is 4.79 Å². The molecule has 104 valence electrons. The molecule has 0 aromatic rings. The van der Waals surface area contributed by atoms with E-state index in [0.29, 0.717) is 12.6 Å². The molecular formula is C13H25N3O2. The minimum atomic E-state index is -0.159. The summed E-state index contributed by atoms with van der Waals surface area (Å²) in [5, 5.41) is 3.57. The maximum Gasteiger partial charge on any atom is 0.409 e. The third-order valence-electron chi connectivity index (χ3n) is 3.79. The Balaban J connectivity index is 1.68. The molecule has 0 bridgehead atoms. The van der Waals surface area contributed by atoms with Crippen LogP contribution in [0.25, 0.3) is 0 Å². The first-order valence-corrected chi connectivity index (χ1v) is 7.17. The minimum absolute atomic E-state index is 0.159. The van der Waals surface area contributed by atoms with Crippen LogP contribution in [0.5, 0.6) is 0 Å². The number of ether oxygens (including phenoxy) is 1. The van der Waals surface area contributed by atoms with Crippen LogP contribution in [0, 0.1) is 0 Å². The highest BCUT2D eigenvalue weighted by Crippen LogP contribution is 2.10. The molecule has 2 aliphatic heterocycles. The number of piperidine rings is 1. The van der Waals surface area contributed by atoms with Gasteiger partial charge in [-0.2, -0.15) is 0 Å². The molecular weight excluding hydrogens is 230 g/mol. The summed E-state index contributed by atoms with van der Waals surface area (Å²) < 4.78 is 5.02. The van der Waals surface area contributed by atoms with E-state index in [-0.39, 0.29) is 6.09 Å². The zero-order chi connectivity index (χ0) is 12.8. The molecule has 1 unspecified atom stereocenters. The Morgan fingerprint density at radius 2 is 2.06 bits per heavy atom. The number of carbonyl (C=O) groups is 1. The monoisotopic (exact) mass is 255 g/mol. The molecule has 0 spiro atoms. The molecule has 2 rings (SSSR count). The van der Waals surface area contributed by atoms with Crippen LogP contribution in [-0.4, -0.2) is 67.8 Å². The van der Waals surface area contributed by atoms with E-state index in [1.165, 1.54) is 19.3 Å². The van der Waals surface area contributed by atoms with Gasteiger partial charge in [0.25, 0.3) is 0 Å². The van der Waals surface area contributed by atoms with Crippen molar-refractivity contribution in [1.29, 1.82) is 0 Å². The molecule has 2 heterocycles. The van der Waals surface area contributed by atoms with Crippen LogP contribution in [0.2, 0.25) is 0 Å². The summed E-state index contributed by atoms with van der Waals surface area (Å²) in [4.78, 5) is 15.8. The van der Waals surface area contributed by atoms with Crippen molar-refractivity contribution in [2.75, 3.05) is 45.9 Å². The first-order valence-electron chi connectivity index (χ1n) is 7.17. The van der Waals surface area contributed by atoms with Gasteiger partial charge in [0.05, 0.1) is 6.61 Å². The molecule has 2 fully saturated rings. The van der Waals surface area contributed by atoms with Crippen LogP contribution in [-0.2, 0) is 4.74 Å². The van der Waals surface area contributed by atoms with Gasteiger partial charge in [0.1, 0.15) is 0 Å². The SMILES string of the molecule is CCOC(=O)N1CCN(CC2CCCCN2)CC1. The predicted octanol–water partition coefficient (Wildman–Crippen LogP) is 0.903. The standard InChI is InChI=1S/C13H25N3O2/c1-2-18-13(17)16-9-7-15(8-10-16)11-12-5-3-4-6-14-12/h12,14H,2-11H2,1H3. The highest BCUT2D eigenvalue weighted by molar-refractivity contribution is 5.67. The molecule has 0 radical (unpaired) electrons. The highest BCUT2D eigenvalue weighted by atomic mass is 16.6. The summed E-state index contributed by atoms with van der Waals surface area (Å²) in [6.07, 6.45) is 3.79. The third kappa shape index (κ3) is 3.85. The average Bonchev–Trinajstić information content (AvgIpc) is 2.41. The number of amides is 1. The van der Waals surface area contributed by atoms with Crippen molar-refractivity contribution in [3.63, 3.8) is 0 Å². The van der Waals surface area contributed by atoms with Gasteiger partial charge in [-0.05, 0) is 26.3 Å². The molecule has 2 saturated heterocycles. The summed E-state index contributed by atoms with van der Waals surface area (Å²) in [6.45, 7) is 8.13. The van der Waals surface area contributed by atoms with Crippen molar-refractivity contribution in [2.24, 2.45) is 0 Å². The van der Waals surface area contributed by atoms with E-state index in [1.807, 2.05) is 11.8 Å². The maximum absolute atomic E-state index is 11.6. The molecule has 5 nitrogen and oxygen atoms in total. The largest absolute Gasteiger partial charge is 0.450 e. The Kier molecular flexibility index (Phi) is 5.26. The Hall–Kier alpha value is -0.810. The van der Waals surface area contributed by atoms with Gasteiger partial charge in [-0.15, -0.1) is 0 Å². The molecule has 0 aromatic carbocycles. The summed E-state index contributed by atoms with van der Waals surface area (Å²) in [7, 11) is 0. The van der Waals surface area contributed by atoms with E-state index in [9.17, 15) is 4.79 Å². The quantitative estimate of drug-likeness (QED) is 0.814. The second-order valence-corrected chi connectivity index (χ2v) is 5.13. The van der Waals surface area contributed by atoms with E-state index < -0.39 is 0 Å². The van der Waals surface area contributed by atoms with Gasteiger partial charge in [-0.1, -0.05) is 6.42 Å². The van der Waals surface area contributed by atoms with Crippen molar-refractivity contribution >= 4 is 6.09 Å². The lowest BCUT2D eigenvalue weighted by Gasteiger charge is -2.36. The molecule has 18 heavy (non-hydrogen) atoms. The van der Waals surface area contributed by atoms with Crippen LogP contribution in [0.3, 0.4) is 0 Å². The van der Waals surface area contributed by atoms with Crippen LogP contribution >= 0.6 is 0 Å². The number of hydrogen-bond acceptors (Lipinski definition) is 4. The Bertz CT molecular complexity index is 259. The van der Waals surface area contributed by atoms with Crippen molar-refractivity contribution in [3.05, 3.63) is 0 Å². The third-order valence-corrected chi connectivity index (χ3v) is 3.79. The number of nitrogens with one attached hydrogen (secondary N) is 1. The van der Waals surface area contributed by atoms with Gasteiger partial charge >= 0.3 is 6.09 Å². The topological polar surface area (TPSA) is 44.8 Å². The van der Waals surface area contributed by atoms with Gasteiger partial charge in [0.2, 0.25) is 0 Å². The van der Waals surface area contributed by atoms with Gasteiger partial charge < -0.3 is 15.0 Å². The highest BCUT2D eigenvalue weighted by Gasteiger charge is 2.24. The van der Waals surface area contributed by atoms with Crippen molar-refractivity contribution in [1.82, 2.24) is 15.1 Å². The molecule has 5 heteroatoms. The van der Waals surface area contributed by atoms with Crippen LogP contribution < -0.4 is 5.32 Å². The molecule has 1 N–H and O–H groups in total. The first kappa shape index (κ1) is 13.6. The number of piperazine rings is 1. The molecule has 1 atom stereocenters. The van der Waals surface area contributed by atoms with Crippen molar-refractivity contribution in [2.45, 2.75) is 32.2 Å². The normalized spacial score (nSPS) is 26.1. The van der Waals surface area contributed by atoms with Crippen molar-refractivity contribution < 1.29 is 9.53 Å². The first-order chi connectivity index (χ1) is 8.79. The van der Waals surface area contributed by atoms with Crippen LogP contribution in [0.15, 0.2) is 0 Å². The lowest BCUT2D eigenvalue weighted by atomic mass is 10.0. The van der Waals surface area contributed by atoms with Crippen LogP contribution in [0.1, 0.15) is 26.2 Å². The second-order valence-electron chi connectivity index (χ2n) is 5.13. The fourth-order valence-corrected chi connectivity index (χ4v) is 2.72. The second kappa shape index (κ2) is 6.95. The zero-order valence-corrected chi connectivity index (χ0v) is 11.4. The van der Waals surface area contributed by atoms with E-state index in [0.717, 1.165) is 39.3 Å². The number of nitrogens with zero attached hydrogens (tertiary/aromatic N) is 2. The Morgan fingerprint density at radius 1 is 1.28 bits per heavy atom. The number of rotatable bonds is 3. The predicted molar refractivity (Wildman–Crippen MR) is 70.7 cm³/mol. The Labute approximate surface area is 109 Å². The van der Waals surface area contributed by atoms with E-state index in [4.69, 9.17) is 4.74 Å². The lowest BCUT2D eigenvalue weighted by molar-refractivity contribution is 0.0759. The van der Waals surface area contributed by atoms with E-state index >= 15 is 0 Å². The number of carbonyl (C=O) groups excluding carboxylic acids is 1. The zero-order valence-electron chi connectivity index (χ0n) is 11.4. The summed E-state index contributed by atoms with van der Waals surface area (Å²) >= 11 is 0. The van der Waals surface area contributed by atoms with Gasteiger partial charge in [-0.3, -0.25) is 4.90 Å². The van der Waals surface area contributed by atoms with Gasteiger partial charge in [0, 0.05) is 38.8 Å². The Morgan fingerprint density at radius 3 is 2.67 bits per heavy atom. The van der Waals surface area contributed by atoms with Gasteiger partial charge in [0.15, 0.2) is 0 Å². The molecule has 2 aliphatic rings. The molecule has 0 saturated carbocycles. The fourth-order valence-electron chi connectivity index (χ4n) is 2.72. The molecule has 1 amide bonds. The maximum atomic E-state index is 11.6. The van der Waals surface area contributed by atoms with Crippen LogP contribution in [0.4, 0.5) is 4.79 Å². The summed E-state index contributed by atoms with van der Waals surface area (Å²) in [5.74, 6) is 0. The fraction of sp³-hybridized carbons (Fsp3) is 0.923. The minimum Gasteiger partial charge on any atom is -0.450 e. The summed E-state index contributed by atoms with van der Waals surface area (Å²) in [5.41, 5.74) is 0. The van der Waals surface area contributed by atoms with E-state index in [1.54, 1.807) is 0 Å². The number of hydrogen-bond donors (Lipinski definition) is 1. The molecule has 0 aliphatic carbocycles.